The highest BCUT2D eigenvalue weighted by molar-refractivity contribution is 5.68. The summed E-state index contributed by atoms with van der Waals surface area (Å²) in [5.41, 5.74) is 2.89. The zero-order valence-electron chi connectivity index (χ0n) is 10.6. The molecule has 92 valence electrons. The molecule has 18 heavy (non-hydrogen) atoms. The quantitative estimate of drug-likeness (QED) is 0.768. The molecule has 0 radical (unpaired) electrons. The minimum absolute atomic E-state index is 0.722. The van der Waals surface area contributed by atoms with Crippen LogP contribution in [-0.4, -0.2) is 18.3 Å². The minimum Gasteiger partial charge on any atom is -0.494 e. The summed E-state index contributed by atoms with van der Waals surface area (Å²) in [6.45, 7) is 1.99. The van der Waals surface area contributed by atoms with E-state index >= 15 is 0 Å². The molecular formula is C15H16N2O. The van der Waals surface area contributed by atoms with Crippen molar-refractivity contribution in [2.45, 2.75) is 13.3 Å². The third-order valence-electron chi connectivity index (χ3n) is 2.56. The van der Waals surface area contributed by atoms with E-state index in [2.05, 4.69) is 9.98 Å². The highest BCUT2D eigenvalue weighted by atomic mass is 16.5. The second-order valence-electron chi connectivity index (χ2n) is 3.96. The van der Waals surface area contributed by atoms with Crippen LogP contribution in [0.2, 0.25) is 0 Å². The fourth-order valence-corrected chi connectivity index (χ4v) is 1.69. The lowest BCUT2D eigenvalue weighted by Gasteiger charge is -2.02. The summed E-state index contributed by atoms with van der Waals surface area (Å²) in [7, 11) is 1.65. The molecule has 0 N–H and O–H groups in total. The zero-order valence-corrected chi connectivity index (χ0v) is 10.6. The van der Waals surface area contributed by atoms with E-state index in [1.165, 1.54) is 0 Å². The molecule has 0 unspecified atom stereocenters. The highest BCUT2D eigenvalue weighted by Crippen LogP contribution is 2.25. The number of pyridine rings is 1. The van der Waals surface area contributed by atoms with E-state index in [1.54, 1.807) is 7.11 Å². The van der Waals surface area contributed by atoms with Crippen molar-refractivity contribution in [3.63, 3.8) is 0 Å². The third-order valence-corrected chi connectivity index (χ3v) is 2.56. The Labute approximate surface area is 107 Å². The van der Waals surface area contributed by atoms with Gasteiger partial charge in [-0.3, -0.25) is 9.98 Å². The van der Waals surface area contributed by atoms with Crippen LogP contribution in [0, 0.1) is 6.92 Å². The maximum Gasteiger partial charge on any atom is 0.144 e. The first-order valence-electron chi connectivity index (χ1n) is 5.87. The van der Waals surface area contributed by atoms with Crippen LogP contribution in [0.5, 0.6) is 5.75 Å². The summed E-state index contributed by atoms with van der Waals surface area (Å²) in [5, 5.41) is 0. The van der Waals surface area contributed by atoms with Gasteiger partial charge in [-0.25, -0.2) is 0 Å². The molecule has 0 amide bonds. The minimum atomic E-state index is 0.722. The van der Waals surface area contributed by atoms with E-state index in [1.807, 2.05) is 55.6 Å². The van der Waals surface area contributed by atoms with Crippen LogP contribution in [-0.2, 0) is 6.42 Å². The van der Waals surface area contributed by atoms with Crippen LogP contribution < -0.4 is 4.74 Å². The van der Waals surface area contributed by atoms with E-state index in [-0.39, 0.29) is 0 Å². The van der Waals surface area contributed by atoms with Crippen LogP contribution in [0.3, 0.4) is 0 Å². The van der Waals surface area contributed by atoms with Crippen LogP contribution in [0.1, 0.15) is 11.4 Å². The van der Waals surface area contributed by atoms with Gasteiger partial charge in [0.1, 0.15) is 11.4 Å². The number of hydrogen-bond acceptors (Lipinski definition) is 3. The van der Waals surface area contributed by atoms with E-state index in [4.69, 9.17) is 4.74 Å². The fourth-order valence-electron chi connectivity index (χ4n) is 1.69. The predicted molar refractivity (Wildman–Crippen MR) is 73.8 cm³/mol. The first-order chi connectivity index (χ1) is 8.79. The lowest BCUT2D eigenvalue weighted by molar-refractivity contribution is 0.416. The van der Waals surface area contributed by atoms with Crippen LogP contribution >= 0.6 is 0 Å². The number of hydrogen-bond donors (Lipinski definition) is 0. The number of methoxy groups -OCH3 is 1. The van der Waals surface area contributed by atoms with Gasteiger partial charge in [0.2, 0.25) is 0 Å². The number of aryl methyl sites for hydroxylation is 1. The zero-order chi connectivity index (χ0) is 12.8. The molecule has 3 nitrogen and oxygen atoms in total. The number of aliphatic imine (C=N–C) groups is 1. The Balaban J connectivity index is 2.07. The maximum atomic E-state index is 5.24. The Bertz CT molecular complexity index is 550. The average molecular weight is 240 g/mol. The molecule has 0 saturated carbocycles. The van der Waals surface area contributed by atoms with E-state index < -0.39 is 0 Å². The van der Waals surface area contributed by atoms with Crippen molar-refractivity contribution < 1.29 is 4.74 Å². The fraction of sp³-hybridized carbons (Fsp3) is 0.200. The molecule has 3 heteroatoms. The summed E-state index contributed by atoms with van der Waals surface area (Å²) >= 11 is 0. The molecular weight excluding hydrogens is 224 g/mol. The van der Waals surface area contributed by atoms with Gasteiger partial charge >= 0.3 is 0 Å². The van der Waals surface area contributed by atoms with Crippen molar-refractivity contribution in [2.24, 2.45) is 4.99 Å². The summed E-state index contributed by atoms with van der Waals surface area (Å²) in [5.74, 6) is 0.783. The smallest absolute Gasteiger partial charge is 0.144 e. The summed E-state index contributed by atoms with van der Waals surface area (Å²) < 4.78 is 5.24. The standard InChI is InChI=1S/C15H16N2O/c1-12-6-5-7-13(17-12)10-11-16-14-8-3-4-9-15(14)18-2/h3-9,11H,10H2,1-2H3. The maximum absolute atomic E-state index is 5.24. The van der Waals surface area contributed by atoms with Gasteiger partial charge in [0.05, 0.1) is 7.11 Å². The van der Waals surface area contributed by atoms with Crippen LogP contribution in [0.4, 0.5) is 5.69 Å². The van der Waals surface area contributed by atoms with Crippen molar-refractivity contribution in [1.82, 2.24) is 4.98 Å². The van der Waals surface area contributed by atoms with Crippen molar-refractivity contribution >= 4 is 11.9 Å². The molecule has 2 aromatic rings. The first-order valence-corrected chi connectivity index (χ1v) is 5.87. The number of nitrogens with zero attached hydrogens (tertiary/aromatic N) is 2. The summed E-state index contributed by atoms with van der Waals surface area (Å²) in [6, 6.07) is 13.7. The number of para-hydroxylation sites is 2. The van der Waals surface area contributed by atoms with Gasteiger partial charge in [-0.1, -0.05) is 18.2 Å². The molecule has 1 heterocycles. The molecule has 0 atom stereocenters. The second-order valence-corrected chi connectivity index (χ2v) is 3.96. The first kappa shape index (κ1) is 12.3. The van der Waals surface area contributed by atoms with Gasteiger partial charge in [-0.05, 0) is 31.2 Å². The second kappa shape index (κ2) is 5.96. The Morgan fingerprint density at radius 1 is 1.17 bits per heavy atom. The third kappa shape index (κ3) is 3.17. The van der Waals surface area contributed by atoms with Gasteiger partial charge < -0.3 is 4.74 Å². The van der Waals surface area contributed by atoms with Gasteiger partial charge in [0.25, 0.3) is 0 Å². The monoisotopic (exact) mass is 240 g/mol. The molecule has 1 aromatic heterocycles. The molecule has 0 aliphatic rings. The SMILES string of the molecule is COc1ccccc1N=CCc1cccc(C)n1. The number of benzene rings is 1. The number of ether oxygens (including phenoxy) is 1. The number of rotatable bonds is 4. The molecule has 0 aliphatic heterocycles. The van der Waals surface area contributed by atoms with Gasteiger partial charge in [-0.2, -0.15) is 0 Å². The molecule has 0 aliphatic carbocycles. The number of aromatic nitrogens is 1. The van der Waals surface area contributed by atoms with Gasteiger partial charge in [0.15, 0.2) is 0 Å². The van der Waals surface area contributed by atoms with E-state index in [0.717, 1.165) is 29.2 Å². The van der Waals surface area contributed by atoms with Crippen LogP contribution in [0.15, 0.2) is 47.5 Å². The molecule has 2 rings (SSSR count). The van der Waals surface area contributed by atoms with Gasteiger partial charge in [0, 0.05) is 24.0 Å². The Morgan fingerprint density at radius 2 is 2.00 bits per heavy atom. The Kier molecular flexibility index (Phi) is 4.07. The predicted octanol–water partition coefficient (Wildman–Crippen LogP) is 3.34. The van der Waals surface area contributed by atoms with Crippen molar-refractivity contribution in [3.05, 3.63) is 53.9 Å². The van der Waals surface area contributed by atoms with Crippen molar-refractivity contribution in [3.8, 4) is 5.75 Å². The van der Waals surface area contributed by atoms with Gasteiger partial charge in [-0.15, -0.1) is 0 Å². The topological polar surface area (TPSA) is 34.5 Å². The summed E-state index contributed by atoms with van der Waals surface area (Å²) in [6.07, 6.45) is 2.58. The summed E-state index contributed by atoms with van der Waals surface area (Å²) in [4.78, 5) is 8.84. The van der Waals surface area contributed by atoms with E-state index in [0.29, 0.717) is 0 Å². The Hall–Kier alpha value is -2.16. The molecule has 0 spiro atoms. The highest BCUT2D eigenvalue weighted by Gasteiger charge is 1.98. The van der Waals surface area contributed by atoms with Crippen LogP contribution in [0.25, 0.3) is 0 Å². The lowest BCUT2D eigenvalue weighted by Crippen LogP contribution is -1.92. The normalized spacial score (nSPS) is 10.8. The molecule has 0 bridgehead atoms. The Morgan fingerprint density at radius 3 is 2.78 bits per heavy atom. The average Bonchev–Trinajstić information content (AvgIpc) is 2.39. The van der Waals surface area contributed by atoms with Crippen molar-refractivity contribution in [1.29, 1.82) is 0 Å². The lowest BCUT2D eigenvalue weighted by atomic mass is 10.2. The largest absolute Gasteiger partial charge is 0.494 e. The van der Waals surface area contributed by atoms with Crippen molar-refractivity contribution in [2.75, 3.05) is 7.11 Å². The van der Waals surface area contributed by atoms with E-state index in [9.17, 15) is 0 Å². The molecule has 1 aromatic carbocycles. The molecule has 0 fully saturated rings. The molecule has 0 saturated heterocycles.